The molecule has 0 spiro atoms. The summed E-state index contributed by atoms with van der Waals surface area (Å²) < 4.78 is 40.1. The fourth-order valence-corrected chi connectivity index (χ4v) is 2.45. The number of rotatable bonds is 9. The largest absolute Gasteiger partial charge is 0.573 e. The Hall–Kier alpha value is -3.07. The first-order valence-electron chi connectivity index (χ1n) is 8.88. The number of carbonyl (C=O) groups is 2. The number of aliphatic hydroxyl groups excluding tert-OH is 1. The molecule has 0 aliphatic heterocycles. The Bertz CT molecular complexity index is 796. The number of alkyl halides is 3. The van der Waals surface area contributed by atoms with Gasteiger partial charge in [-0.15, -0.1) is 13.2 Å². The molecule has 2 aromatic rings. The Kier molecular flexibility index (Phi) is 8.02. The standard InChI is InChI=1S/C20H21F3N2O4/c21-20(22,23)29-16-10-8-14(9-11-16)17(26)13-25-18(27)7-4-12-24-19(28)15-5-2-1-3-6-15/h1-3,5-6,8-11,17,26H,4,7,12-13H2,(H,24,28)(H,25,27). The number of nitrogens with one attached hydrogen (secondary N) is 2. The molecule has 3 N–H and O–H groups in total. The van der Waals surface area contributed by atoms with Crippen LogP contribution in [0.25, 0.3) is 0 Å². The van der Waals surface area contributed by atoms with Crippen LogP contribution in [-0.2, 0) is 4.79 Å². The molecule has 0 saturated heterocycles. The number of halogens is 3. The smallest absolute Gasteiger partial charge is 0.406 e. The first-order chi connectivity index (χ1) is 13.7. The van der Waals surface area contributed by atoms with Crippen molar-refractivity contribution < 1.29 is 32.6 Å². The zero-order valence-corrected chi connectivity index (χ0v) is 15.4. The normalized spacial score (nSPS) is 12.1. The average Bonchev–Trinajstić information content (AvgIpc) is 2.69. The number of carbonyl (C=O) groups excluding carboxylic acids is 2. The highest BCUT2D eigenvalue weighted by molar-refractivity contribution is 5.94. The minimum Gasteiger partial charge on any atom is -0.406 e. The summed E-state index contributed by atoms with van der Waals surface area (Å²) in [6.45, 7) is 0.235. The van der Waals surface area contributed by atoms with E-state index in [0.29, 0.717) is 24.1 Å². The van der Waals surface area contributed by atoms with Gasteiger partial charge in [-0.1, -0.05) is 30.3 Å². The topological polar surface area (TPSA) is 87.7 Å². The molecule has 0 aromatic heterocycles. The number of aliphatic hydroxyl groups is 1. The van der Waals surface area contributed by atoms with Gasteiger partial charge in [-0.05, 0) is 36.2 Å². The van der Waals surface area contributed by atoms with E-state index < -0.39 is 18.2 Å². The third kappa shape index (κ3) is 8.22. The van der Waals surface area contributed by atoms with Gasteiger partial charge in [0.05, 0.1) is 6.10 Å². The maximum absolute atomic E-state index is 12.1. The van der Waals surface area contributed by atoms with Crippen LogP contribution in [0.1, 0.15) is 34.9 Å². The van der Waals surface area contributed by atoms with Crippen LogP contribution < -0.4 is 15.4 Å². The van der Waals surface area contributed by atoms with Crippen LogP contribution >= 0.6 is 0 Å². The van der Waals surface area contributed by atoms with Crippen molar-refractivity contribution in [1.29, 1.82) is 0 Å². The lowest BCUT2D eigenvalue weighted by Crippen LogP contribution is -2.30. The number of amides is 2. The maximum atomic E-state index is 12.1. The SMILES string of the molecule is O=C(CCCNC(=O)c1ccccc1)NCC(O)c1ccc(OC(F)(F)F)cc1. The molecule has 0 aliphatic rings. The molecule has 1 atom stereocenters. The predicted octanol–water partition coefficient (Wildman–Crippen LogP) is 2.95. The van der Waals surface area contributed by atoms with Crippen molar-refractivity contribution in [2.45, 2.75) is 25.3 Å². The molecule has 0 aliphatic carbocycles. The van der Waals surface area contributed by atoms with Gasteiger partial charge in [-0.25, -0.2) is 0 Å². The molecular formula is C20H21F3N2O4. The van der Waals surface area contributed by atoms with E-state index >= 15 is 0 Å². The highest BCUT2D eigenvalue weighted by Gasteiger charge is 2.31. The third-order valence-electron chi connectivity index (χ3n) is 3.89. The van der Waals surface area contributed by atoms with Crippen molar-refractivity contribution in [1.82, 2.24) is 10.6 Å². The minimum atomic E-state index is -4.78. The molecule has 0 saturated carbocycles. The van der Waals surface area contributed by atoms with Crippen molar-refractivity contribution in [3.05, 3.63) is 65.7 Å². The van der Waals surface area contributed by atoms with Crippen molar-refractivity contribution in [2.24, 2.45) is 0 Å². The van der Waals surface area contributed by atoms with Gasteiger partial charge in [0, 0.05) is 25.1 Å². The highest BCUT2D eigenvalue weighted by atomic mass is 19.4. The Morgan fingerprint density at radius 2 is 1.66 bits per heavy atom. The van der Waals surface area contributed by atoms with Crippen LogP contribution in [-0.4, -0.2) is 36.4 Å². The summed E-state index contributed by atoms with van der Waals surface area (Å²) in [4.78, 5) is 23.7. The summed E-state index contributed by atoms with van der Waals surface area (Å²) in [5, 5.41) is 15.3. The van der Waals surface area contributed by atoms with E-state index in [4.69, 9.17) is 0 Å². The van der Waals surface area contributed by atoms with Gasteiger partial charge in [0.15, 0.2) is 0 Å². The second-order valence-electron chi connectivity index (χ2n) is 6.16. The lowest BCUT2D eigenvalue weighted by molar-refractivity contribution is -0.274. The summed E-state index contributed by atoms with van der Waals surface area (Å²) in [5.41, 5.74) is 0.877. The molecule has 0 heterocycles. The van der Waals surface area contributed by atoms with Crippen molar-refractivity contribution in [3.8, 4) is 5.75 Å². The monoisotopic (exact) mass is 410 g/mol. The van der Waals surface area contributed by atoms with Crippen LogP contribution in [0.2, 0.25) is 0 Å². The van der Waals surface area contributed by atoms with Gasteiger partial charge < -0.3 is 20.5 Å². The van der Waals surface area contributed by atoms with Gasteiger partial charge in [0.2, 0.25) is 5.91 Å². The zero-order chi connectivity index (χ0) is 21.3. The van der Waals surface area contributed by atoms with Crippen LogP contribution in [0, 0.1) is 0 Å². The molecule has 0 bridgehead atoms. The number of hydrogen-bond donors (Lipinski definition) is 3. The summed E-state index contributed by atoms with van der Waals surface area (Å²) in [6, 6.07) is 13.4. The Balaban J connectivity index is 1.66. The van der Waals surface area contributed by atoms with E-state index in [1.165, 1.54) is 12.1 Å². The first kappa shape index (κ1) is 22.2. The van der Waals surface area contributed by atoms with Gasteiger partial charge in [0.1, 0.15) is 5.75 Å². The van der Waals surface area contributed by atoms with Crippen LogP contribution in [0.3, 0.4) is 0 Å². The molecule has 2 amide bonds. The van der Waals surface area contributed by atoms with Gasteiger partial charge in [-0.3, -0.25) is 9.59 Å². The summed E-state index contributed by atoms with van der Waals surface area (Å²) in [6.07, 6.45) is -5.28. The number of benzene rings is 2. The first-order valence-corrected chi connectivity index (χ1v) is 8.88. The molecule has 9 heteroatoms. The van der Waals surface area contributed by atoms with E-state index in [1.807, 2.05) is 0 Å². The average molecular weight is 410 g/mol. The Morgan fingerprint density at radius 3 is 2.28 bits per heavy atom. The maximum Gasteiger partial charge on any atom is 0.573 e. The van der Waals surface area contributed by atoms with E-state index in [0.717, 1.165) is 12.1 Å². The molecule has 2 rings (SSSR count). The summed E-state index contributed by atoms with van der Waals surface area (Å²) >= 11 is 0. The Morgan fingerprint density at radius 1 is 1.00 bits per heavy atom. The van der Waals surface area contributed by atoms with Crippen LogP contribution in [0.5, 0.6) is 5.75 Å². The molecule has 2 aromatic carbocycles. The fourth-order valence-electron chi connectivity index (χ4n) is 2.45. The van der Waals surface area contributed by atoms with Gasteiger partial charge >= 0.3 is 6.36 Å². The molecule has 29 heavy (non-hydrogen) atoms. The second-order valence-corrected chi connectivity index (χ2v) is 6.16. The lowest BCUT2D eigenvalue weighted by Gasteiger charge is -2.14. The van der Waals surface area contributed by atoms with E-state index in [-0.39, 0.29) is 24.8 Å². The van der Waals surface area contributed by atoms with Crippen molar-refractivity contribution in [3.63, 3.8) is 0 Å². The quantitative estimate of drug-likeness (QED) is 0.555. The molecule has 0 fully saturated rings. The third-order valence-corrected chi connectivity index (χ3v) is 3.89. The minimum absolute atomic E-state index is 0.0886. The Labute approximate surface area is 165 Å². The predicted molar refractivity (Wildman–Crippen MR) is 99.1 cm³/mol. The van der Waals surface area contributed by atoms with E-state index in [9.17, 15) is 27.9 Å². The molecule has 6 nitrogen and oxygen atoms in total. The summed E-state index contributed by atoms with van der Waals surface area (Å²) in [7, 11) is 0. The molecule has 156 valence electrons. The molecule has 1 unspecified atom stereocenters. The van der Waals surface area contributed by atoms with Crippen LogP contribution in [0.15, 0.2) is 54.6 Å². The molecule has 0 radical (unpaired) electrons. The van der Waals surface area contributed by atoms with Gasteiger partial charge in [0.25, 0.3) is 5.91 Å². The van der Waals surface area contributed by atoms with Crippen molar-refractivity contribution >= 4 is 11.8 Å². The second kappa shape index (κ2) is 10.5. The van der Waals surface area contributed by atoms with Crippen LogP contribution in [0.4, 0.5) is 13.2 Å². The summed E-state index contributed by atoms with van der Waals surface area (Å²) in [5.74, 6) is -0.926. The fraction of sp³-hybridized carbons (Fsp3) is 0.300. The number of ether oxygens (including phenoxy) is 1. The van der Waals surface area contributed by atoms with E-state index in [2.05, 4.69) is 15.4 Å². The highest BCUT2D eigenvalue weighted by Crippen LogP contribution is 2.24. The van der Waals surface area contributed by atoms with Crippen molar-refractivity contribution in [2.75, 3.05) is 13.1 Å². The van der Waals surface area contributed by atoms with Gasteiger partial charge in [-0.2, -0.15) is 0 Å². The lowest BCUT2D eigenvalue weighted by atomic mass is 10.1. The molecular weight excluding hydrogens is 389 g/mol. The number of hydrogen-bond acceptors (Lipinski definition) is 4. The zero-order valence-electron chi connectivity index (χ0n) is 15.4. The van der Waals surface area contributed by atoms with E-state index in [1.54, 1.807) is 30.3 Å².